The zero-order valence-electron chi connectivity index (χ0n) is 33.4. The van der Waals surface area contributed by atoms with Crippen LogP contribution < -0.4 is 9.13 Å². The van der Waals surface area contributed by atoms with E-state index in [0.717, 1.165) is 0 Å². The number of hydrogen-bond donors (Lipinski definition) is 0. The maximum absolute atomic E-state index is 2.38. The number of nitrogens with zero attached hydrogens (tertiary/aromatic N) is 2. The van der Waals surface area contributed by atoms with Crippen molar-refractivity contribution in [2.45, 2.75) is 229 Å². The molecule has 0 N–H and O–H groups in total. The lowest BCUT2D eigenvalue weighted by Gasteiger charge is -2.04. The van der Waals surface area contributed by atoms with Gasteiger partial charge in [-0.15, -0.1) is 23.5 Å². The summed E-state index contributed by atoms with van der Waals surface area (Å²) >= 11 is 4.04. The second-order valence-electron chi connectivity index (χ2n) is 15.1. The maximum atomic E-state index is 2.38. The van der Waals surface area contributed by atoms with Crippen molar-refractivity contribution in [3.8, 4) is 0 Å². The van der Waals surface area contributed by atoms with Crippen LogP contribution in [0.1, 0.15) is 206 Å². The predicted octanol–water partition coefficient (Wildman–Crippen LogP) is 14.9. The monoisotopic (exact) mass is 727 g/mol. The molecule has 2 heterocycles. The predicted molar refractivity (Wildman–Crippen MR) is 225 cm³/mol. The van der Waals surface area contributed by atoms with Gasteiger partial charge in [0.25, 0.3) is 0 Å². The van der Waals surface area contributed by atoms with Crippen LogP contribution in [0.5, 0.6) is 0 Å². The largest absolute Gasteiger partial charge is 0.205 e. The summed E-state index contributed by atoms with van der Waals surface area (Å²) in [7, 11) is 0. The Labute approximate surface area is 321 Å². The van der Waals surface area contributed by atoms with E-state index in [-0.39, 0.29) is 0 Å². The highest BCUT2D eigenvalue weighted by Gasteiger charge is 2.04. The summed E-state index contributed by atoms with van der Waals surface area (Å²) in [5.41, 5.74) is 0. The van der Waals surface area contributed by atoms with Gasteiger partial charge in [-0.2, -0.15) is 0 Å². The molecule has 0 unspecified atom stereocenters. The third kappa shape index (κ3) is 27.6. The van der Waals surface area contributed by atoms with Crippen LogP contribution in [0.25, 0.3) is 0 Å². The SMILES string of the molecule is CCCCCCCCCCCCCCCC[n+]1ccc(SCCCCSc2cc[n+](CCCCCCCCCCCCCCCC)cc2)cc1. The fourth-order valence-electron chi connectivity index (χ4n) is 6.94. The Morgan fingerprint density at radius 3 is 0.820 bits per heavy atom. The summed E-state index contributed by atoms with van der Waals surface area (Å²) in [4.78, 5) is 2.84. The first kappa shape index (κ1) is 45.2. The van der Waals surface area contributed by atoms with Gasteiger partial charge in [0, 0.05) is 46.9 Å². The van der Waals surface area contributed by atoms with Crippen LogP contribution >= 0.6 is 23.5 Å². The van der Waals surface area contributed by atoms with Crippen molar-refractivity contribution in [1.82, 2.24) is 0 Å². The van der Waals surface area contributed by atoms with Gasteiger partial charge in [-0.25, -0.2) is 9.13 Å². The minimum absolute atomic E-state index is 1.17. The average molecular weight is 727 g/mol. The van der Waals surface area contributed by atoms with Crippen molar-refractivity contribution in [2.75, 3.05) is 11.5 Å². The Morgan fingerprint density at radius 2 is 0.560 bits per heavy atom. The van der Waals surface area contributed by atoms with Gasteiger partial charge in [0.05, 0.1) is 0 Å². The van der Waals surface area contributed by atoms with Gasteiger partial charge >= 0.3 is 0 Å². The molecule has 286 valence electrons. The van der Waals surface area contributed by atoms with Gasteiger partial charge in [-0.3, -0.25) is 0 Å². The molecule has 2 nitrogen and oxygen atoms in total. The van der Waals surface area contributed by atoms with Crippen molar-refractivity contribution in [2.24, 2.45) is 0 Å². The molecular formula is C46H82N2S2+2. The van der Waals surface area contributed by atoms with Crippen LogP contribution in [0.4, 0.5) is 0 Å². The third-order valence-corrected chi connectivity index (χ3v) is 12.5. The molecule has 2 aromatic rings. The highest BCUT2D eigenvalue weighted by molar-refractivity contribution is 7.99. The van der Waals surface area contributed by atoms with Crippen molar-refractivity contribution >= 4 is 23.5 Å². The standard InChI is InChI=1S/C46H82N2S2/c1-3-5-7-9-11-13-15-17-19-21-23-25-27-29-37-47-39-33-45(34-40-47)49-43-31-32-44-50-46-35-41-48(42-36-46)38-30-28-26-24-22-20-18-16-14-12-10-8-6-4-2/h33-36,39-42H,3-32,37-38,43-44H2,1-2H3/q+2. The highest BCUT2D eigenvalue weighted by atomic mass is 32.2. The molecule has 0 bridgehead atoms. The van der Waals surface area contributed by atoms with Crippen LogP contribution in [-0.2, 0) is 13.1 Å². The fraction of sp³-hybridized carbons (Fsp3) is 0.783. The number of unbranched alkanes of at least 4 members (excludes halogenated alkanes) is 27. The molecule has 0 aliphatic carbocycles. The first-order valence-corrected chi connectivity index (χ1v) is 24.0. The molecule has 0 saturated heterocycles. The van der Waals surface area contributed by atoms with E-state index in [1.807, 2.05) is 23.5 Å². The lowest BCUT2D eigenvalue weighted by atomic mass is 10.0. The molecular weight excluding hydrogens is 645 g/mol. The smallest absolute Gasteiger partial charge is 0.169 e. The first-order valence-electron chi connectivity index (χ1n) is 22.1. The van der Waals surface area contributed by atoms with E-state index in [1.54, 1.807) is 0 Å². The van der Waals surface area contributed by atoms with E-state index in [9.17, 15) is 0 Å². The summed E-state index contributed by atoms with van der Waals surface area (Å²) in [5.74, 6) is 2.44. The lowest BCUT2D eigenvalue weighted by molar-refractivity contribution is -0.697. The molecule has 0 spiro atoms. The molecule has 0 amide bonds. The Morgan fingerprint density at radius 1 is 0.320 bits per heavy atom. The average Bonchev–Trinajstić information content (AvgIpc) is 3.14. The number of aromatic nitrogens is 2. The maximum Gasteiger partial charge on any atom is 0.169 e. The zero-order chi connectivity index (χ0) is 35.4. The van der Waals surface area contributed by atoms with E-state index >= 15 is 0 Å². The molecule has 2 aromatic heterocycles. The normalized spacial score (nSPS) is 11.5. The number of pyridine rings is 2. The van der Waals surface area contributed by atoms with Crippen molar-refractivity contribution in [3.63, 3.8) is 0 Å². The fourth-order valence-corrected chi connectivity index (χ4v) is 8.74. The van der Waals surface area contributed by atoms with Crippen LogP contribution in [0.15, 0.2) is 58.8 Å². The molecule has 2 rings (SSSR count). The summed E-state index contributed by atoms with van der Waals surface area (Å²) < 4.78 is 4.76. The van der Waals surface area contributed by atoms with Gasteiger partial charge in [0.1, 0.15) is 13.1 Å². The minimum atomic E-state index is 1.17. The molecule has 0 radical (unpaired) electrons. The van der Waals surface area contributed by atoms with Crippen molar-refractivity contribution in [3.05, 3.63) is 49.1 Å². The summed E-state index contributed by atoms with van der Waals surface area (Å²) in [6.45, 7) is 6.94. The number of aryl methyl sites for hydroxylation is 2. The van der Waals surface area contributed by atoms with Gasteiger partial charge in [0.2, 0.25) is 0 Å². The molecule has 50 heavy (non-hydrogen) atoms. The van der Waals surface area contributed by atoms with E-state index in [4.69, 9.17) is 0 Å². The Bertz CT molecular complexity index is 882. The molecule has 0 fully saturated rings. The quantitative estimate of drug-likeness (QED) is 0.0389. The topological polar surface area (TPSA) is 7.76 Å². The Balaban J connectivity index is 1.35. The van der Waals surface area contributed by atoms with Gasteiger partial charge < -0.3 is 0 Å². The van der Waals surface area contributed by atoms with Gasteiger partial charge in [0.15, 0.2) is 24.8 Å². The second-order valence-corrected chi connectivity index (χ2v) is 17.5. The van der Waals surface area contributed by atoms with E-state index in [2.05, 4.69) is 72.0 Å². The summed E-state index contributed by atoms with van der Waals surface area (Å²) in [5, 5.41) is 0. The zero-order valence-corrected chi connectivity index (χ0v) is 35.0. The summed E-state index contributed by atoms with van der Waals surface area (Å²) in [6, 6.07) is 9.28. The van der Waals surface area contributed by atoms with Gasteiger partial charge in [-0.05, 0) is 37.2 Å². The highest BCUT2D eigenvalue weighted by Crippen LogP contribution is 2.21. The van der Waals surface area contributed by atoms with Crippen molar-refractivity contribution < 1.29 is 9.13 Å². The van der Waals surface area contributed by atoms with Gasteiger partial charge in [-0.1, -0.05) is 168 Å². The number of thioether (sulfide) groups is 2. The second kappa shape index (κ2) is 35.1. The van der Waals surface area contributed by atoms with Crippen LogP contribution in [-0.4, -0.2) is 11.5 Å². The molecule has 0 atom stereocenters. The Kier molecular flexibility index (Phi) is 31.7. The van der Waals surface area contributed by atoms with Crippen molar-refractivity contribution in [1.29, 1.82) is 0 Å². The van der Waals surface area contributed by atoms with Crippen LogP contribution in [0.3, 0.4) is 0 Å². The minimum Gasteiger partial charge on any atom is -0.205 e. The molecule has 0 aromatic carbocycles. The molecule has 0 aliphatic rings. The molecule has 0 saturated carbocycles. The van der Waals surface area contributed by atoms with E-state index in [0.29, 0.717) is 0 Å². The number of hydrogen-bond acceptors (Lipinski definition) is 2. The third-order valence-electron chi connectivity index (χ3n) is 10.3. The Hall–Kier alpha value is -1.00. The lowest BCUT2D eigenvalue weighted by Crippen LogP contribution is -2.32. The van der Waals surface area contributed by atoms with Crippen LogP contribution in [0, 0.1) is 0 Å². The summed E-state index contributed by atoms with van der Waals surface area (Å²) in [6.07, 6.45) is 51.7. The molecule has 4 heteroatoms. The first-order chi connectivity index (χ1) is 24.8. The van der Waals surface area contributed by atoms with E-state index < -0.39 is 0 Å². The molecule has 0 aliphatic heterocycles. The number of rotatable bonds is 37. The van der Waals surface area contributed by atoms with E-state index in [1.165, 1.54) is 227 Å². The van der Waals surface area contributed by atoms with Crippen LogP contribution in [0.2, 0.25) is 0 Å².